The minimum atomic E-state index is -0.00104. The SMILES string of the molecule is O=C(Cc1ccc(Cl)cc1)NCCCc1nc2ccccc2n1CCC(=O)N1CCCCCC1. The molecular weight excluding hydrogens is 448 g/mol. The van der Waals surface area contributed by atoms with Gasteiger partial charge in [0.1, 0.15) is 5.82 Å². The first-order valence-electron chi connectivity index (χ1n) is 12.3. The van der Waals surface area contributed by atoms with Crippen LogP contribution in [-0.2, 0) is 29.0 Å². The standard InChI is InChI=1S/C27H33ClN4O2/c28-22-13-11-21(12-14-22)20-26(33)29-16-7-10-25-30-23-8-3-4-9-24(23)32(25)19-15-27(34)31-17-5-1-2-6-18-31/h3-4,8-9,11-14H,1-2,5-7,10,15-20H2,(H,29,33). The Morgan fingerprint density at radius 3 is 2.47 bits per heavy atom. The van der Waals surface area contributed by atoms with E-state index in [1.807, 2.05) is 35.2 Å². The molecule has 2 heterocycles. The van der Waals surface area contributed by atoms with Crippen LogP contribution in [0.3, 0.4) is 0 Å². The van der Waals surface area contributed by atoms with Crippen molar-refractivity contribution in [3.8, 4) is 0 Å². The molecule has 1 fully saturated rings. The van der Waals surface area contributed by atoms with E-state index >= 15 is 0 Å². The van der Waals surface area contributed by atoms with E-state index in [-0.39, 0.29) is 11.8 Å². The summed E-state index contributed by atoms with van der Waals surface area (Å²) in [6.45, 7) is 2.98. The lowest BCUT2D eigenvalue weighted by Gasteiger charge is -2.20. The second kappa shape index (κ2) is 12.0. The summed E-state index contributed by atoms with van der Waals surface area (Å²) in [5.74, 6) is 1.20. The molecule has 180 valence electrons. The zero-order valence-corrected chi connectivity index (χ0v) is 20.4. The molecule has 1 aliphatic heterocycles. The molecule has 1 saturated heterocycles. The number of aryl methyl sites for hydroxylation is 2. The first kappa shape index (κ1) is 24.3. The molecule has 0 radical (unpaired) electrons. The van der Waals surface area contributed by atoms with Crippen molar-refractivity contribution in [2.45, 2.75) is 57.9 Å². The average molecular weight is 481 g/mol. The summed E-state index contributed by atoms with van der Waals surface area (Å²) in [4.78, 5) is 31.9. The number of carbonyl (C=O) groups excluding carboxylic acids is 2. The smallest absolute Gasteiger partial charge is 0.224 e. The normalized spacial score (nSPS) is 14.2. The number of fused-ring (bicyclic) bond motifs is 1. The van der Waals surface area contributed by atoms with Crippen LogP contribution in [-0.4, -0.2) is 45.9 Å². The van der Waals surface area contributed by atoms with Crippen molar-refractivity contribution in [2.24, 2.45) is 0 Å². The van der Waals surface area contributed by atoms with Gasteiger partial charge in [0.25, 0.3) is 0 Å². The molecule has 0 atom stereocenters. The molecule has 0 spiro atoms. The largest absolute Gasteiger partial charge is 0.356 e. The van der Waals surface area contributed by atoms with Gasteiger partial charge in [0, 0.05) is 44.0 Å². The summed E-state index contributed by atoms with van der Waals surface area (Å²) in [6.07, 6.45) is 7.01. The van der Waals surface area contributed by atoms with E-state index in [1.54, 1.807) is 12.1 Å². The molecule has 6 nitrogen and oxygen atoms in total. The van der Waals surface area contributed by atoms with E-state index in [2.05, 4.69) is 16.0 Å². The number of para-hydroxylation sites is 2. The first-order chi connectivity index (χ1) is 16.6. The lowest BCUT2D eigenvalue weighted by molar-refractivity contribution is -0.131. The molecule has 0 saturated carbocycles. The predicted octanol–water partition coefficient (Wildman–Crippen LogP) is 4.77. The third-order valence-corrected chi connectivity index (χ3v) is 6.67. The minimum Gasteiger partial charge on any atom is -0.356 e. The number of imidazole rings is 1. The molecule has 2 amide bonds. The highest BCUT2D eigenvalue weighted by molar-refractivity contribution is 6.30. The van der Waals surface area contributed by atoms with Crippen LogP contribution in [0.5, 0.6) is 0 Å². The number of carbonyl (C=O) groups is 2. The molecule has 34 heavy (non-hydrogen) atoms. The van der Waals surface area contributed by atoms with Crippen molar-refractivity contribution >= 4 is 34.4 Å². The summed E-state index contributed by atoms with van der Waals surface area (Å²) in [7, 11) is 0. The van der Waals surface area contributed by atoms with E-state index in [4.69, 9.17) is 16.6 Å². The van der Waals surface area contributed by atoms with E-state index in [0.29, 0.717) is 31.0 Å². The Balaban J connectivity index is 1.32. The molecule has 4 rings (SSSR count). The fourth-order valence-electron chi connectivity index (χ4n) is 4.58. The highest BCUT2D eigenvalue weighted by Gasteiger charge is 2.17. The van der Waals surface area contributed by atoms with Crippen LogP contribution in [0, 0.1) is 0 Å². The molecule has 1 aromatic heterocycles. The number of likely N-dealkylation sites (tertiary alicyclic amines) is 1. The van der Waals surface area contributed by atoms with Gasteiger partial charge in [-0.25, -0.2) is 4.98 Å². The minimum absolute atomic E-state index is 0.00104. The van der Waals surface area contributed by atoms with Gasteiger partial charge < -0.3 is 14.8 Å². The van der Waals surface area contributed by atoms with E-state index < -0.39 is 0 Å². The zero-order valence-electron chi connectivity index (χ0n) is 19.6. The number of halogens is 1. The Bertz CT molecular complexity index is 1100. The number of hydrogen-bond acceptors (Lipinski definition) is 3. The summed E-state index contributed by atoms with van der Waals surface area (Å²) in [6, 6.07) is 15.4. The molecule has 7 heteroatoms. The van der Waals surface area contributed by atoms with Gasteiger partial charge in [0.15, 0.2) is 0 Å². The number of amides is 2. The number of nitrogens with zero attached hydrogens (tertiary/aromatic N) is 3. The molecule has 0 unspecified atom stereocenters. The summed E-state index contributed by atoms with van der Waals surface area (Å²) in [5, 5.41) is 3.67. The van der Waals surface area contributed by atoms with Gasteiger partial charge in [-0.3, -0.25) is 9.59 Å². The van der Waals surface area contributed by atoms with Crippen molar-refractivity contribution in [3.63, 3.8) is 0 Å². The van der Waals surface area contributed by atoms with Crippen LogP contribution >= 0.6 is 11.6 Å². The van der Waals surface area contributed by atoms with Gasteiger partial charge in [0.2, 0.25) is 11.8 Å². The monoisotopic (exact) mass is 480 g/mol. The van der Waals surface area contributed by atoms with Crippen LogP contribution in [0.15, 0.2) is 48.5 Å². The number of rotatable bonds is 9. The topological polar surface area (TPSA) is 67.2 Å². The predicted molar refractivity (Wildman–Crippen MR) is 136 cm³/mol. The van der Waals surface area contributed by atoms with Crippen LogP contribution in [0.2, 0.25) is 5.02 Å². The van der Waals surface area contributed by atoms with Crippen molar-refractivity contribution in [3.05, 3.63) is 64.9 Å². The van der Waals surface area contributed by atoms with Crippen molar-refractivity contribution in [1.29, 1.82) is 0 Å². The Morgan fingerprint density at radius 1 is 0.971 bits per heavy atom. The van der Waals surface area contributed by atoms with Gasteiger partial charge in [-0.15, -0.1) is 0 Å². The maximum absolute atomic E-state index is 12.8. The number of aromatic nitrogens is 2. The van der Waals surface area contributed by atoms with Crippen LogP contribution < -0.4 is 5.32 Å². The zero-order chi connectivity index (χ0) is 23.8. The van der Waals surface area contributed by atoms with E-state index in [9.17, 15) is 9.59 Å². The Hall–Kier alpha value is -2.86. The van der Waals surface area contributed by atoms with E-state index in [0.717, 1.165) is 61.2 Å². The van der Waals surface area contributed by atoms with Gasteiger partial charge in [-0.05, 0) is 49.1 Å². The van der Waals surface area contributed by atoms with Gasteiger partial charge in [-0.2, -0.15) is 0 Å². The highest BCUT2D eigenvalue weighted by atomic mass is 35.5. The summed E-state index contributed by atoms with van der Waals surface area (Å²) < 4.78 is 2.18. The highest BCUT2D eigenvalue weighted by Crippen LogP contribution is 2.19. The van der Waals surface area contributed by atoms with Crippen LogP contribution in [0.1, 0.15) is 49.9 Å². The number of benzene rings is 2. The van der Waals surface area contributed by atoms with Crippen molar-refractivity contribution in [2.75, 3.05) is 19.6 Å². The van der Waals surface area contributed by atoms with Crippen LogP contribution in [0.4, 0.5) is 0 Å². The van der Waals surface area contributed by atoms with Crippen LogP contribution in [0.25, 0.3) is 11.0 Å². The quantitative estimate of drug-likeness (QED) is 0.448. The second-order valence-electron chi connectivity index (χ2n) is 8.97. The Labute approximate surface area is 206 Å². The maximum Gasteiger partial charge on any atom is 0.224 e. The molecule has 0 aliphatic carbocycles. The summed E-state index contributed by atoms with van der Waals surface area (Å²) in [5.41, 5.74) is 2.96. The molecule has 3 aromatic rings. The number of hydrogen-bond donors (Lipinski definition) is 1. The van der Waals surface area contributed by atoms with Crippen molar-refractivity contribution in [1.82, 2.24) is 19.8 Å². The molecule has 1 aliphatic rings. The van der Waals surface area contributed by atoms with Crippen molar-refractivity contribution < 1.29 is 9.59 Å². The molecule has 1 N–H and O–H groups in total. The van der Waals surface area contributed by atoms with E-state index in [1.165, 1.54) is 12.8 Å². The first-order valence-corrected chi connectivity index (χ1v) is 12.7. The number of nitrogens with one attached hydrogen (secondary N) is 1. The summed E-state index contributed by atoms with van der Waals surface area (Å²) >= 11 is 5.91. The van der Waals surface area contributed by atoms with Gasteiger partial charge >= 0.3 is 0 Å². The third-order valence-electron chi connectivity index (χ3n) is 6.42. The molecular formula is C27H33ClN4O2. The lowest BCUT2D eigenvalue weighted by Crippen LogP contribution is -2.32. The Morgan fingerprint density at radius 2 is 1.71 bits per heavy atom. The average Bonchev–Trinajstić information content (AvgIpc) is 2.98. The second-order valence-corrected chi connectivity index (χ2v) is 9.41. The van der Waals surface area contributed by atoms with Gasteiger partial charge in [-0.1, -0.05) is 48.7 Å². The fraction of sp³-hybridized carbons (Fsp3) is 0.444. The molecule has 2 aromatic carbocycles. The maximum atomic E-state index is 12.8. The lowest BCUT2D eigenvalue weighted by atomic mass is 10.1. The fourth-order valence-corrected chi connectivity index (χ4v) is 4.70. The molecule has 0 bridgehead atoms. The third kappa shape index (κ3) is 6.60. The Kier molecular flexibility index (Phi) is 8.58. The van der Waals surface area contributed by atoms with Gasteiger partial charge in [0.05, 0.1) is 17.5 Å².